The number of ether oxygens (including phenoxy) is 1. The number of aromatic amines is 1. The summed E-state index contributed by atoms with van der Waals surface area (Å²) in [5.41, 5.74) is 8.70. The molecule has 1 atom stereocenters. The van der Waals surface area contributed by atoms with Gasteiger partial charge >= 0.3 is 12.1 Å². The van der Waals surface area contributed by atoms with E-state index in [0.717, 1.165) is 11.1 Å². The number of H-pyrrole nitrogens is 1. The van der Waals surface area contributed by atoms with Crippen molar-refractivity contribution in [2.24, 2.45) is 11.7 Å². The third kappa shape index (κ3) is 7.45. The predicted octanol–water partition coefficient (Wildman–Crippen LogP) is 5.53. The highest BCUT2D eigenvalue weighted by Crippen LogP contribution is 2.28. The number of nitrogens with one attached hydrogen (secondary N) is 1. The van der Waals surface area contributed by atoms with Gasteiger partial charge in [0.25, 0.3) is 0 Å². The fourth-order valence-corrected chi connectivity index (χ4v) is 3.99. The van der Waals surface area contributed by atoms with Crippen LogP contribution >= 0.6 is 0 Å². The maximum Gasteiger partial charge on any atom is 0.573 e. The van der Waals surface area contributed by atoms with Crippen molar-refractivity contribution in [2.45, 2.75) is 25.6 Å². The van der Waals surface area contributed by atoms with E-state index in [2.05, 4.69) is 19.4 Å². The minimum atomic E-state index is -4.80. The number of hydrogen-bond acceptors (Lipinski definition) is 5. The number of aryl methyl sites for hydroxylation is 1. The Balaban J connectivity index is 1.53. The first kappa shape index (κ1) is 26.5. The number of rotatable bonds is 10. The number of aromatic nitrogens is 2. The van der Waals surface area contributed by atoms with Crippen LogP contribution in [0.3, 0.4) is 0 Å². The molecule has 7 nitrogen and oxygen atoms in total. The van der Waals surface area contributed by atoms with E-state index in [0.29, 0.717) is 41.8 Å². The summed E-state index contributed by atoms with van der Waals surface area (Å²) in [5.74, 6) is -1.15. The molecule has 0 saturated carbocycles. The quantitative estimate of drug-likeness (QED) is 0.284. The molecule has 4 rings (SSSR count). The summed E-state index contributed by atoms with van der Waals surface area (Å²) in [4.78, 5) is 25.1. The van der Waals surface area contributed by atoms with Gasteiger partial charge in [-0.15, -0.1) is 13.2 Å². The van der Waals surface area contributed by atoms with E-state index >= 15 is 0 Å². The highest BCUT2D eigenvalue weighted by Gasteiger charge is 2.31. The van der Waals surface area contributed by atoms with E-state index in [4.69, 9.17) is 5.73 Å². The molecule has 0 bridgehead atoms. The van der Waals surface area contributed by atoms with Gasteiger partial charge in [0.15, 0.2) is 5.82 Å². The minimum Gasteiger partial charge on any atom is -0.405 e. The average Bonchev–Trinajstić information content (AvgIpc) is 3.32. The average molecular weight is 524 g/mol. The SMILES string of the molecule is NC(=O)c1ccc(CCC(/C=C\c2ccccc2OC(F)(F)F)Cc2ccc(-c3noc(=O)[nH]3)cc2)cc1. The molecule has 38 heavy (non-hydrogen) atoms. The van der Waals surface area contributed by atoms with Gasteiger partial charge in [0.05, 0.1) is 0 Å². The van der Waals surface area contributed by atoms with Crippen molar-refractivity contribution in [1.29, 1.82) is 0 Å². The molecule has 3 N–H and O–H groups in total. The molecule has 1 amide bonds. The first-order valence-electron chi connectivity index (χ1n) is 11.7. The van der Waals surface area contributed by atoms with Crippen LogP contribution in [0.2, 0.25) is 0 Å². The summed E-state index contributed by atoms with van der Waals surface area (Å²) >= 11 is 0. The lowest BCUT2D eigenvalue weighted by molar-refractivity contribution is -0.274. The van der Waals surface area contributed by atoms with Gasteiger partial charge in [0.1, 0.15) is 5.75 Å². The van der Waals surface area contributed by atoms with Crippen molar-refractivity contribution in [3.63, 3.8) is 0 Å². The number of carbonyl (C=O) groups excluding carboxylic acids is 1. The molecule has 0 spiro atoms. The molecule has 0 aliphatic heterocycles. The van der Waals surface area contributed by atoms with Crippen LogP contribution in [0.5, 0.6) is 5.75 Å². The molecule has 10 heteroatoms. The fraction of sp³-hybridized carbons (Fsp3) is 0.179. The van der Waals surface area contributed by atoms with Crippen molar-refractivity contribution >= 4 is 12.0 Å². The van der Waals surface area contributed by atoms with Crippen molar-refractivity contribution in [2.75, 3.05) is 0 Å². The summed E-state index contributed by atoms with van der Waals surface area (Å²) in [5, 5.41) is 3.68. The van der Waals surface area contributed by atoms with Crippen molar-refractivity contribution in [3.8, 4) is 17.1 Å². The predicted molar refractivity (Wildman–Crippen MR) is 135 cm³/mol. The third-order valence-electron chi connectivity index (χ3n) is 5.90. The van der Waals surface area contributed by atoms with E-state index in [9.17, 15) is 22.8 Å². The number of carbonyl (C=O) groups is 1. The fourth-order valence-electron chi connectivity index (χ4n) is 3.99. The Labute approximate surface area is 215 Å². The van der Waals surface area contributed by atoms with Gasteiger partial charge in [-0.05, 0) is 54.5 Å². The number of halogens is 3. The minimum absolute atomic E-state index is 0.0394. The van der Waals surface area contributed by atoms with Crippen LogP contribution in [-0.4, -0.2) is 22.4 Å². The van der Waals surface area contributed by atoms with Crippen LogP contribution in [0.4, 0.5) is 13.2 Å². The number of alkyl halides is 3. The van der Waals surface area contributed by atoms with E-state index < -0.39 is 18.0 Å². The Kier molecular flexibility index (Phi) is 8.10. The van der Waals surface area contributed by atoms with Gasteiger partial charge in [-0.1, -0.05) is 71.9 Å². The molecule has 0 saturated heterocycles. The molecule has 0 fully saturated rings. The van der Waals surface area contributed by atoms with Crippen molar-refractivity contribution < 1.29 is 27.2 Å². The Morgan fingerprint density at radius 2 is 1.71 bits per heavy atom. The van der Waals surface area contributed by atoms with Gasteiger partial charge in [0.2, 0.25) is 5.91 Å². The van der Waals surface area contributed by atoms with Gasteiger partial charge in [-0.3, -0.25) is 14.3 Å². The molecule has 196 valence electrons. The summed E-state index contributed by atoms with van der Waals surface area (Å²) in [7, 11) is 0. The first-order chi connectivity index (χ1) is 18.2. The standard InChI is InChI=1S/C28H24F3N3O4/c29-28(30,31)37-24-4-2-1-3-21(24)12-9-19(6-5-18-7-13-22(14-8-18)25(32)35)17-20-10-15-23(16-11-20)26-33-27(36)38-34-26/h1-4,7-16,19H,5-6,17H2,(H2,32,35)(H,33,34,36)/b12-9-. The first-order valence-corrected chi connectivity index (χ1v) is 11.7. The number of hydrogen-bond donors (Lipinski definition) is 2. The number of nitrogens with zero attached hydrogens (tertiary/aromatic N) is 1. The zero-order chi connectivity index (χ0) is 27.1. The largest absolute Gasteiger partial charge is 0.573 e. The van der Waals surface area contributed by atoms with Crippen molar-refractivity contribution in [1.82, 2.24) is 10.1 Å². The molecular weight excluding hydrogens is 499 g/mol. The second-order valence-corrected chi connectivity index (χ2v) is 8.65. The molecule has 1 aromatic heterocycles. The zero-order valence-corrected chi connectivity index (χ0v) is 20.1. The third-order valence-corrected chi connectivity index (χ3v) is 5.90. The van der Waals surface area contributed by atoms with E-state index in [1.54, 1.807) is 42.5 Å². The van der Waals surface area contributed by atoms with Crippen LogP contribution in [0.25, 0.3) is 17.5 Å². The molecule has 1 heterocycles. The Morgan fingerprint density at radius 1 is 1.03 bits per heavy atom. The molecule has 0 radical (unpaired) electrons. The maximum absolute atomic E-state index is 12.8. The molecule has 1 unspecified atom stereocenters. The number of nitrogens with two attached hydrogens (primary N) is 1. The molecular formula is C28H24F3N3O4. The highest BCUT2D eigenvalue weighted by atomic mass is 19.4. The lowest BCUT2D eigenvalue weighted by atomic mass is 9.91. The second-order valence-electron chi connectivity index (χ2n) is 8.65. The maximum atomic E-state index is 12.8. The Bertz CT molecular complexity index is 1460. The van der Waals surface area contributed by atoms with Gasteiger partial charge < -0.3 is 10.5 Å². The van der Waals surface area contributed by atoms with E-state index in [1.807, 2.05) is 30.3 Å². The molecule has 4 aromatic rings. The summed E-state index contributed by atoms with van der Waals surface area (Å²) < 4.78 is 47.3. The number of primary amides is 1. The second kappa shape index (κ2) is 11.6. The van der Waals surface area contributed by atoms with Gasteiger partial charge in [-0.2, -0.15) is 0 Å². The lowest BCUT2D eigenvalue weighted by Crippen LogP contribution is -2.17. The van der Waals surface area contributed by atoms with Crippen LogP contribution in [0.15, 0.2) is 88.2 Å². The zero-order valence-electron chi connectivity index (χ0n) is 20.1. The van der Waals surface area contributed by atoms with Gasteiger partial charge in [-0.25, -0.2) is 4.79 Å². The van der Waals surface area contributed by atoms with Crippen LogP contribution in [0.1, 0.15) is 33.5 Å². The van der Waals surface area contributed by atoms with Crippen LogP contribution in [-0.2, 0) is 12.8 Å². The normalized spacial score (nSPS) is 12.5. The molecule has 0 aliphatic rings. The Hall–Kier alpha value is -4.60. The Morgan fingerprint density at radius 3 is 2.34 bits per heavy atom. The number of para-hydroxylation sites is 1. The van der Waals surface area contributed by atoms with E-state index in [1.165, 1.54) is 12.1 Å². The molecule has 3 aromatic carbocycles. The lowest BCUT2D eigenvalue weighted by Gasteiger charge is -2.15. The topological polar surface area (TPSA) is 111 Å². The number of benzene rings is 3. The van der Waals surface area contributed by atoms with E-state index in [-0.39, 0.29) is 11.7 Å². The summed E-state index contributed by atoms with van der Waals surface area (Å²) in [6, 6.07) is 20.4. The summed E-state index contributed by atoms with van der Waals surface area (Å²) in [6.07, 6.45) is 0.681. The molecule has 0 aliphatic carbocycles. The monoisotopic (exact) mass is 523 g/mol. The summed E-state index contributed by atoms with van der Waals surface area (Å²) in [6.45, 7) is 0. The number of amides is 1. The highest BCUT2D eigenvalue weighted by molar-refractivity contribution is 5.92. The van der Waals surface area contributed by atoms with Crippen molar-refractivity contribution in [3.05, 3.63) is 112 Å². The number of allylic oxidation sites excluding steroid dienone is 1. The van der Waals surface area contributed by atoms with Crippen LogP contribution < -0.4 is 16.2 Å². The smallest absolute Gasteiger partial charge is 0.405 e. The van der Waals surface area contributed by atoms with Gasteiger partial charge in [0, 0.05) is 16.7 Å². The van der Waals surface area contributed by atoms with Crippen LogP contribution in [0, 0.1) is 5.92 Å².